The summed E-state index contributed by atoms with van der Waals surface area (Å²) in [6.07, 6.45) is 7.31. The van der Waals surface area contributed by atoms with Crippen molar-refractivity contribution in [3.05, 3.63) is 47.5 Å². The number of allylic oxidation sites excluding steroid dienone is 1. The number of aryl methyl sites for hydroxylation is 1. The van der Waals surface area contributed by atoms with Crippen LogP contribution in [-0.2, 0) is 6.42 Å². The Balaban J connectivity index is 1.83. The Morgan fingerprint density at radius 3 is 2.56 bits per heavy atom. The average molecular weight is 244 g/mol. The lowest BCUT2D eigenvalue weighted by Crippen LogP contribution is -2.24. The predicted molar refractivity (Wildman–Crippen MR) is 76.5 cm³/mol. The molecule has 1 aromatic rings. The van der Waals surface area contributed by atoms with Crippen molar-refractivity contribution in [3.63, 3.8) is 0 Å². The van der Waals surface area contributed by atoms with E-state index in [0.29, 0.717) is 0 Å². The van der Waals surface area contributed by atoms with Gasteiger partial charge in [-0.05, 0) is 43.1 Å². The Hall–Kier alpha value is -1.08. The summed E-state index contributed by atoms with van der Waals surface area (Å²) in [6, 6.07) is 10.6. The largest absolute Gasteiger partial charge is 0.389 e. The minimum atomic E-state index is -0.236. The fraction of sp³-hybridized carbons (Fsp3) is 0.529. The molecule has 1 unspecified atom stereocenters. The molecule has 0 heterocycles. The van der Waals surface area contributed by atoms with Crippen LogP contribution in [0.25, 0.3) is 0 Å². The van der Waals surface area contributed by atoms with Crippen molar-refractivity contribution in [2.75, 3.05) is 0 Å². The number of benzene rings is 1. The van der Waals surface area contributed by atoms with Crippen molar-refractivity contribution in [1.29, 1.82) is 0 Å². The Morgan fingerprint density at radius 1 is 1.17 bits per heavy atom. The molecule has 0 amide bonds. The van der Waals surface area contributed by atoms with Crippen molar-refractivity contribution < 1.29 is 5.11 Å². The summed E-state index contributed by atoms with van der Waals surface area (Å²) >= 11 is 0. The highest BCUT2D eigenvalue weighted by Crippen LogP contribution is 2.36. The van der Waals surface area contributed by atoms with Gasteiger partial charge in [0.05, 0.1) is 6.10 Å². The van der Waals surface area contributed by atoms with Crippen molar-refractivity contribution in [1.82, 2.24) is 0 Å². The molecule has 98 valence electrons. The van der Waals surface area contributed by atoms with Crippen LogP contribution >= 0.6 is 0 Å². The summed E-state index contributed by atoms with van der Waals surface area (Å²) < 4.78 is 0. The topological polar surface area (TPSA) is 20.2 Å². The van der Waals surface area contributed by atoms with Crippen LogP contribution in [0.15, 0.2) is 42.0 Å². The van der Waals surface area contributed by atoms with Crippen molar-refractivity contribution in [2.45, 2.75) is 52.1 Å². The van der Waals surface area contributed by atoms with Gasteiger partial charge >= 0.3 is 0 Å². The minimum Gasteiger partial charge on any atom is -0.389 e. The van der Waals surface area contributed by atoms with E-state index in [-0.39, 0.29) is 11.5 Å². The second kappa shape index (κ2) is 5.71. The lowest BCUT2D eigenvalue weighted by atomic mass is 9.75. The molecule has 0 fully saturated rings. The molecule has 18 heavy (non-hydrogen) atoms. The predicted octanol–water partition coefficient (Wildman–Crippen LogP) is 4.12. The van der Waals surface area contributed by atoms with Gasteiger partial charge in [-0.15, -0.1) is 0 Å². The molecule has 1 heteroatoms. The first-order chi connectivity index (χ1) is 8.55. The molecule has 0 spiro atoms. The SMILES string of the molecule is CC1(C)CC(CCCc2ccccc2)=CC(O)C1. The first-order valence-corrected chi connectivity index (χ1v) is 6.97. The van der Waals surface area contributed by atoms with E-state index in [2.05, 4.69) is 50.3 Å². The van der Waals surface area contributed by atoms with Crippen LogP contribution in [-0.4, -0.2) is 11.2 Å². The summed E-state index contributed by atoms with van der Waals surface area (Å²) in [4.78, 5) is 0. The second-order valence-electron chi connectivity index (χ2n) is 6.28. The number of rotatable bonds is 4. The van der Waals surface area contributed by atoms with E-state index in [9.17, 15) is 5.11 Å². The van der Waals surface area contributed by atoms with E-state index in [1.165, 1.54) is 17.6 Å². The van der Waals surface area contributed by atoms with E-state index in [4.69, 9.17) is 0 Å². The zero-order valence-corrected chi connectivity index (χ0v) is 11.5. The van der Waals surface area contributed by atoms with Gasteiger partial charge in [0.15, 0.2) is 0 Å². The molecule has 1 aliphatic carbocycles. The van der Waals surface area contributed by atoms with Crippen molar-refractivity contribution in [3.8, 4) is 0 Å². The Bertz CT molecular complexity index is 403. The van der Waals surface area contributed by atoms with Gasteiger partial charge in [-0.3, -0.25) is 0 Å². The molecule has 1 atom stereocenters. The quantitative estimate of drug-likeness (QED) is 0.790. The summed E-state index contributed by atoms with van der Waals surface area (Å²) in [6.45, 7) is 4.50. The summed E-state index contributed by atoms with van der Waals surface area (Å²) in [7, 11) is 0. The molecule has 1 N–H and O–H groups in total. The van der Waals surface area contributed by atoms with Crippen LogP contribution in [0.4, 0.5) is 0 Å². The standard InChI is InChI=1S/C17H24O/c1-17(2)12-15(11-16(18)13-17)10-6-9-14-7-4-3-5-8-14/h3-5,7-8,11,16,18H,6,9-10,12-13H2,1-2H3. The zero-order chi connectivity index (χ0) is 13.0. The van der Waals surface area contributed by atoms with E-state index < -0.39 is 0 Å². The molecule has 0 saturated carbocycles. The number of hydrogen-bond donors (Lipinski definition) is 1. The molecule has 0 radical (unpaired) electrons. The second-order valence-corrected chi connectivity index (χ2v) is 6.28. The Kier molecular flexibility index (Phi) is 4.23. The van der Waals surface area contributed by atoms with Gasteiger partial charge in [0.2, 0.25) is 0 Å². The minimum absolute atomic E-state index is 0.236. The average Bonchev–Trinajstić information content (AvgIpc) is 2.27. The van der Waals surface area contributed by atoms with Gasteiger partial charge in [0.25, 0.3) is 0 Å². The highest BCUT2D eigenvalue weighted by molar-refractivity contribution is 5.16. The molecule has 0 aliphatic heterocycles. The van der Waals surface area contributed by atoms with Crippen molar-refractivity contribution in [2.24, 2.45) is 5.41 Å². The zero-order valence-electron chi connectivity index (χ0n) is 11.5. The third-order valence-corrected chi connectivity index (χ3v) is 3.70. The van der Waals surface area contributed by atoms with Gasteiger partial charge in [-0.25, -0.2) is 0 Å². The van der Waals surface area contributed by atoms with E-state index >= 15 is 0 Å². The summed E-state index contributed by atoms with van der Waals surface area (Å²) in [5.74, 6) is 0. The van der Waals surface area contributed by atoms with Gasteiger partial charge < -0.3 is 5.11 Å². The number of aliphatic hydroxyl groups is 1. The lowest BCUT2D eigenvalue weighted by molar-refractivity contribution is 0.137. The van der Waals surface area contributed by atoms with Gasteiger partial charge in [0.1, 0.15) is 0 Å². The maximum absolute atomic E-state index is 9.86. The normalized spacial score (nSPS) is 22.6. The van der Waals surface area contributed by atoms with Crippen LogP contribution in [0.3, 0.4) is 0 Å². The molecule has 2 rings (SSSR count). The highest BCUT2D eigenvalue weighted by atomic mass is 16.3. The maximum Gasteiger partial charge on any atom is 0.0728 e. The molecule has 0 aromatic heterocycles. The third-order valence-electron chi connectivity index (χ3n) is 3.70. The lowest BCUT2D eigenvalue weighted by Gasteiger charge is -2.32. The van der Waals surface area contributed by atoms with Gasteiger partial charge in [-0.1, -0.05) is 55.8 Å². The van der Waals surface area contributed by atoms with Gasteiger partial charge in [0, 0.05) is 0 Å². The fourth-order valence-corrected chi connectivity index (χ4v) is 2.98. The van der Waals surface area contributed by atoms with Gasteiger partial charge in [-0.2, -0.15) is 0 Å². The summed E-state index contributed by atoms with van der Waals surface area (Å²) in [5.41, 5.74) is 3.11. The monoisotopic (exact) mass is 244 g/mol. The van der Waals surface area contributed by atoms with Crippen LogP contribution < -0.4 is 0 Å². The molecular weight excluding hydrogens is 220 g/mol. The first kappa shape index (κ1) is 13.4. The first-order valence-electron chi connectivity index (χ1n) is 6.97. The van der Waals surface area contributed by atoms with Crippen LogP contribution in [0.2, 0.25) is 0 Å². The van der Waals surface area contributed by atoms with Crippen LogP contribution in [0.1, 0.15) is 45.1 Å². The Labute approximate surface area is 111 Å². The highest BCUT2D eigenvalue weighted by Gasteiger charge is 2.27. The maximum atomic E-state index is 9.86. The third kappa shape index (κ3) is 3.99. The number of hydrogen-bond acceptors (Lipinski definition) is 1. The van der Waals surface area contributed by atoms with E-state index in [0.717, 1.165) is 25.7 Å². The van der Waals surface area contributed by atoms with E-state index in [1.54, 1.807) is 0 Å². The molecular formula is C17H24O. The number of aliphatic hydroxyl groups excluding tert-OH is 1. The molecule has 1 nitrogen and oxygen atoms in total. The molecule has 1 aliphatic rings. The smallest absolute Gasteiger partial charge is 0.0728 e. The summed E-state index contributed by atoms with van der Waals surface area (Å²) in [5, 5.41) is 9.86. The van der Waals surface area contributed by atoms with Crippen LogP contribution in [0, 0.1) is 5.41 Å². The fourth-order valence-electron chi connectivity index (χ4n) is 2.98. The molecule has 0 saturated heterocycles. The Morgan fingerprint density at radius 2 is 1.89 bits per heavy atom. The molecule has 0 bridgehead atoms. The van der Waals surface area contributed by atoms with Crippen molar-refractivity contribution >= 4 is 0 Å². The molecule has 1 aromatic carbocycles. The van der Waals surface area contributed by atoms with E-state index in [1.807, 2.05) is 0 Å². The van der Waals surface area contributed by atoms with Crippen LogP contribution in [0.5, 0.6) is 0 Å².